The summed E-state index contributed by atoms with van der Waals surface area (Å²) in [6.07, 6.45) is 0. The summed E-state index contributed by atoms with van der Waals surface area (Å²) in [6, 6.07) is 10.7. The SMILES string of the molecule is CC(=O)Oc1c(NC(=O)c2ccccc2)oc(-c2ccc(F)cc2F)c1O. The lowest BCUT2D eigenvalue weighted by atomic mass is 10.1. The number of rotatable bonds is 4. The molecule has 0 aliphatic rings. The number of hydrogen-bond donors (Lipinski definition) is 2. The molecule has 1 heterocycles. The van der Waals surface area contributed by atoms with Crippen molar-refractivity contribution in [3.63, 3.8) is 0 Å². The first kappa shape index (κ1) is 18.1. The van der Waals surface area contributed by atoms with Crippen molar-refractivity contribution in [1.29, 1.82) is 0 Å². The fourth-order valence-electron chi connectivity index (χ4n) is 2.35. The Balaban J connectivity index is 2.04. The minimum absolute atomic E-state index is 0.275. The number of nitrogens with one attached hydrogen (secondary N) is 1. The third kappa shape index (κ3) is 3.79. The Labute approximate surface area is 152 Å². The molecule has 3 aromatic rings. The number of benzene rings is 2. The van der Waals surface area contributed by atoms with Gasteiger partial charge in [0.25, 0.3) is 5.91 Å². The van der Waals surface area contributed by atoms with Crippen LogP contribution in [0.5, 0.6) is 11.5 Å². The van der Waals surface area contributed by atoms with Crippen LogP contribution in [0.4, 0.5) is 14.7 Å². The molecule has 2 aromatic carbocycles. The van der Waals surface area contributed by atoms with Crippen molar-refractivity contribution in [2.45, 2.75) is 6.92 Å². The van der Waals surface area contributed by atoms with Crippen molar-refractivity contribution >= 4 is 17.8 Å². The lowest BCUT2D eigenvalue weighted by Crippen LogP contribution is -2.12. The van der Waals surface area contributed by atoms with Crippen molar-refractivity contribution in [1.82, 2.24) is 0 Å². The zero-order valence-corrected chi connectivity index (χ0v) is 14.0. The predicted octanol–water partition coefficient (Wildman–Crippen LogP) is 4.11. The Kier molecular flexibility index (Phi) is 4.89. The standard InChI is InChI=1S/C19H13F2NO5/c1-10(23)26-17-15(24)16(13-8-7-12(20)9-14(13)21)27-19(17)22-18(25)11-5-3-2-4-6-11/h2-9,24H,1H3,(H,22,25). The first-order valence-electron chi connectivity index (χ1n) is 7.73. The normalized spacial score (nSPS) is 10.5. The smallest absolute Gasteiger partial charge is 0.308 e. The van der Waals surface area contributed by atoms with Gasteiger partial charge in [-0.2, -0.15) is 0 Å². The van der Waals surface area contributed by atoms with E-state index in [0.717, 1.165) is 19.1 Å². The minimum Gasteiger partial charge on any atom is -0.502 e. The van der Waals surface area contributed by atoms with Gasteiger partial charge < -0.3 is 14.3 Å². The Morgan fingerprint density at radius 1 is 1.11 bits per heavy atom. The van der Waals surface area contributed by atoms with E-state index in [1.165, 1.54) is 12.1 Å². The monoisotopic (exact) mass is 373 g/mol. The van der Waals surface area contributed by atoms with Gasteiger partial charge in [-0.25, -0.2) is 8.78 Å². The number of anilines is 1. The van der Waals surface area contributed by atoms with Crippen LogP contribution in [0.15, 0.2) is 52.9 Å². The van der Waals surface area contributed by atoms with Gasteiger partial charge in [-0.05, 0) is 24.3 Å². The quantitative estimate of drug-likeness (QED) is 0.672. The van der Waals surface area contributed by atoms with Gasteiger partial charge in [-0.15, -0.1) is 0 Å². The zero-order valence-electron chi connectivity index (χ0n) is 14.0. The summed E-state index contributed by atoms with van der Waals surface area (Å²) in [5.41, 5.74) is -0.000750. The molecule has 0 bridgehead atoms. The average molecular weight is 373 g/mol. The van der Waals surface area contributed by atoms with Crippen molar-refractivity contribution in [2.24, 2.45) is 0 Å². The molecule has 0 saturated carbocycles. The molecule has 0 radical (unpaired) electrons. The fourth-order valence-corrected chi connectivity index (χ4v) is 2.35. The number of furan rings is 1. The highest BCUT2D eigenvalue weighted by Gasteiger charge is 2.27. The van der Waals surface area contributed by atoms with Crippen LogP contribution in [0.1, 0.15) is 17.3 Å². The first-order chi connectivity index (χ1) is 12.9. The van der Waals surface area contributed by atoms with Crippen LogP contribution in [0, 0.1) is 11.6 Å². The number of halogens is 2. The lowest BCUT2D eigenvalue weighted by molar-refractivity contribution is -0.132. The topological polar surface area (TPSA) is 88.8 Å². The second-order valence-corrected chi connectivity index (χ2v) is 5.48. The summed E-state index contributed by atoms with van der Waals surface area (Å²) in [6.45, 7) is 1.08. The van der Waals surface area contributed by atoms with E-state index < -0.39 is 46.7 Å². The third-order valence-corrected chi connectivity index (χ3v) is 3.53. The number of carbonyl (C=O) groups is 2. The third-order valence-electron chi connectivity index (χ3n) is 3.53. The summed E-state index contributed by atoms with van der Waals surface area (Å²) >= 11 is 0. The summed E-state index contributed by atoms with van der Waals surface area (Å²) in [5, 5.41) is 12.7. The van der Waals surface area contributed by atoms with Crippen LogP contribution in [-0.4, -0.2) is 17.0 Å². The maximum atomic E-state index is 14.0. The summed E-state index contributed by atoms with van der Waals surface area (Å²) in [5.74, 6) is -5.24. The molecule has 27 heavy (non-hydrogen) atoms. The van der Waals surface area contributed by atoms with E-state index in [-0.39, 0.29) is 11.1 Å². The minimum atomic E-state index is -1.01. The Hall–Kier alpha value is -3.68. The molecule has 138 valence electrons. The number of aromatic hydroxyl groups is 1. The van der Waals surface area contributed by atoms with Crippen LogP contribution >= 0.6 is 0 Å². The second kappa shape index (κ2) is 7.28. The molecule has 0 unspecified atom stereocenters. The molecule has 3 rings (SSSR count). The zero-order chi connectivity index (χ0) is 19.6. The van der Waals surface area contributed by atoms with Crippen molar-refractivity contribution < 1.29 is 32.6 Å². The maximum absolute atomic E-state index is 14.0. The molecule has 0 fully saturated rings. The Morgan fingerprint density at radius 2 is 1.81 bits per heavy atom. The Morgan fingerprint density at radius 3 is 2.44 bits per heavy atom. The molecule has 1 aromatic heterocycles. The molecule has 1 amide bonds. The van der Waals surface area contributed by atoms with Gasteiger partial charge in [0.05, 0.1) is 5.56 Å². The fraction of sp³-hybridized carbons (Fsp3) is 0.0526. The van der Waals surface area contributed by atoms with E-state index in [9.17, 15) is 23.5 Å². The number of hydrogen-bond acceptors (Lipinski definition) is 5. The number of ether oxygens (including phenoxy) is 1. The van der Waals surface area contributed by atoms with Crippen molar-refractivity contribution in [3.05, 3.63) is 65.7 Å². The highest BCUT2D eigenvalue weighted by molar-refractivity contribution is 6.05. The van der Waals surface area contributed by atoms with Gasteiger partial charge >= 0.3 is 5.97 Å². The largest absolute Gasteiger partial charge is 0.502 e. The first-order valence-corrected chi connectivity index (χ1v) is 7.73. The highest BCUT2D eigenvalue weighted by atomic mass is 19.1. The van der Waals surface area contributed by atoms with Gasteiger partial charge in [-0.1, -0.05) is 18.2 Å². The summed E-state index contributed by atoms with van der Waals surface area (Å²) in [7, 11) is 0. The van der Waals surface area contributed by atoms with Crippen LogP contribution in [0.3, 0.4) is 0 Å². The molecule has 0 aliphatic heterocycles. The molecule has 6 nitrogen and oxygen atoms in total. The molecule has 0 atom stereocenters. The van der Waals surface area contributed by atoms with Crippen LogP contribution in [0.2, 0.25) is 0 Å². The second-order valence-electron chi connectivity index (χ2n) is 5.48. The van der Waals surface area contributed by atoms with E-state index in [0.29, 0.717) is 6.07 Å². The molecule has 0 spiro atoms. The molecular weight excluding hydrogens is 360 g/mol. The maximum Gasteiger partial charge on any atom is 0.308 e. The number of carbonyl (C=O) groups excluding carboxylic acids is 2. The number of amides is 1. The van der Waals surface area contributed by atoms with Crippen LogP contribution in [0.25, 0.3) is 11.3 Å². The van der Waals surface area contributed by atoms with Crippen LogP contribution < -0.4 is 10.1 Å². The number of esters is 1. The molecule has 0 aliphatic carbocycles. The van der Waals surface area contributed by atoms with Gasteiger partial charge in [0.15, 0.2) is 5.76 Å². The summed E-state index contributed by atoms with van der Waals surface area (Å²) < 4.78 is 37.4. The Bertz CT molecular complexity index is 1010. The molecule has 2 N–H and O–H groups in total. The molecule has 0 saturated heterocycles. The van der Waals surface area contributed by atoms with Gasteiger partial charge in [-0.3, -0.25) is 14.9 Å². The molecular formula is C19H13F2NO5. The van der Waals surface area contributed by atoms with Gasteiger partial charge in [0.1, 0.15) is 11.6 Å². The van der Waals surface area contributed by atoms with E-state index in [1.807, 2.05) is 0 Å². The van der Waals surface area contributed by atoms with Gasteiger partial charge in [0, 0.05) is 18.6 Å². The average Bonchev–Trinajstić information content (AvgIpc) is 2.91. The summed E-state index contributed by atoms with van der Waals surface area (Å²) in [4.78, 5) is 23.6. The van der Waals surface area contributed by atoms with E-state index in [1.54, 1.807) is 18.2 Å². The van der Waals surface area contributed by atoms with Crippen LogP contribution in [-0.2, 0) is 4.79 Å². The van der Waals surface area contributed by atoms with Crippen molar-refractivity contribution in [3.8, 4) is 22.8 Å². The van der Waals surface area contributed by atoms with E-state index >= 15 is 0 Å². The predicted molar refractivity (Wildman–Crippen MR) is 91.4 cm³/mol. The van der Waals surface area contributed by atoms with Gasteiger partial charge in [0.2, 0.25) is 17.4 Å². The highest BCUT2D eigenvalue weighted by Crippen LogP contribution is 2.47. The molecule has 8 heteroatoms. The lowest BCUT2D eigenvalue weighted by Gasteiger charge is -2.04. The van der Waals surface area contributed by atoms with E-state index in [4.69, 9.17) is 9.15 Å². The van der Waals surface area contributed by atoms with Crippen molar-refractivity contribution in [2.75, 3.05) is 5.32 Å². The van der Waals surface area contributed by atoms with E-state index in [2.05, 4.69) is 5.32 Å².